The molecule has 2 saturated heterocycles. The molecule has 1 aliphatic carbocycles. The van der Waals surface area contributed by atoms with Crippen LogP contribution in [0.2, 0.25) is 0 Å². The monoisotopic (exact) mass is 279 g/mol. The zero-order valence-corrected chi connectivity index (χ0v) is 12.3. The van der Waals surface area contributed by atoms with Gasteiger partial charge in [0.05, 0.1) is 5.41 Å². The van der Waals surface area contributed by atoms with Crippen LogP contribution in [0.15, 0.2) is 0 Å². The van der Waals surface area contributed by atoms with E-state index in [1.54, 1.807) is 0 Å². The van der Waals surface area contributed by atoms with Crippen LogP contribution in [0.4, 0.5) is 0 Å². The summed E-state index contributed by atoms with van der Waals surface area (Å²) in [7, 11) is 0. The minimum Gasteiger partial charge on any atom is -0.353 e. The minimum absolute atomic E-state index is 0.218. The van der Waals surface area contributed by atoms with Gasteiger partial charge in [-0.2, -0.15) is 0 Å². The first-order valence-electron chi connectivity index (χ1n) is 7.89. The molecule has 1 saturated carbocycles. The standard InChI is InChI=1S/C15H25N3O2/c1-15(6-7-16-10-15)14(20)18-8-4-12(5-9-18)17-13(19)11-2-3-11/h11-12,16H,2-10H2,1H3,(H,17,19). The van der Waals surface area contributed by atoms with Crippen LogP contribution in [-0.2, 0) is 9.59 Å². The summed E-state index contributed by atoms with van der Waals surface area (Å²) in [5.74, 6) is 0.786. The van der Waals surface area contributed by atoms with Crippen molar-refractivity contribution in [2.75, 3.05) is 26.2 Å². The van der Waals surface area contributed by atoms with Gasteiger partial charge in [0.2, 0.25) is 11.8 Å². The van der Waals surface area contributed by atoms with Crippen molar-refractivity contribution >= 4 is 11.8 Å². The van der Waals surface area contributed by atoms with Crippen molar-refractivity contribution in [1.29, 1.82) is 0 Å². The number of piperidine rings is 1. The molecule has 3 rings (SSSR count). The van der Waals surface area contributed by atoms with E-state index < -0.39 is 0 Å². The van der Waals surface area contributed by atoms with Gasteiger partial charge < -0.3 is 15.5 Å². The van der Waals surface area contributed by atoms with E-state index >= 15 is 0 Å². The Hall–Kier alpha value is -1.10. The number of carbonyl (C=O) groups is 2. The van der Waals surface area contributed by atoms with Gasteiger partial charge in [0.25, 0.3) is 0 Å². The Morgan fingerprint density at radius 3 is 2.45 bits per heavy atom. The molecule has 0 radical (unpaired) electrons. The van der Waals surface area contributed by atoms with E-state index in [9.17, 15) is 9.59 Å². The fourth-order valence-electron chi connectivity index (χ4n) is 3.27. The molecular formula is C15H25N3O2. The Labute approximate surface area is 120 Å². The van der Waals surface area contributed by atoms with Crippen molar-refractivity contribution in [2.45, 2.75) is 45.1 Å². The number of rotatable bonds is 3. The minimum atomic E-state index is -0.218. The molecule has 1 unspecified atom stereocenters. The molecule has 0 aromatic heterocycles. The average Bonchev–Trinajstić information content (AvgIpc) is 3.21. The summed E-state index contributed by atoms with van der Waals surface area (Å²) in [6, 6.07) is 0.265. The van der Waals surface area contributed by atoms with Crippen molar-refractivity contribution in [3.63, 3.8) is 0 Å². The molecule has 112 valence electrons. The Bertz CT molecular complexity index is 392. The first-order chi connectivity index (χ1) is 9.58. The molecular weight excluding hydrogens is 254 g/mol. The zero-order chi connectivity index (χ0) is 14.2. The van der Waals surface area contributed by atoms with Gasteiger partial charge in [-0.3, -0.25) is 9.59 Å². The SMILES string of the molecule is CC1(C(=O)N2CCC(NC(=O)C3CC3)CC2)CCNC1. The molecule has 1 atom stereocenters. The molecule has 5 nitrogen and oxygen atoms in total. The first-order valence-corrected chi connectivity index (χ1v) is 7.89. The second kappa shape index (κ2) is 5.35. The Morgan fingerprint density at radius 2 is 1.90 bits per heavy atom. The lowest BCUT2D eigenvalue weighted by atomic mass is 9.87. The summed E-state index contributed by atoms with van der Waals surface area (Å²) in [5, 5.41) is 6.41. The molecule has 3 fully saturated rings. The highest BCUT2D eigenvalue weighted by Crippen LogP contribution is 2.30. The smallest absolute Gasteiger partial charge is 0.229 e. The van der Waals surface area contributed by atoms with E-state index in [-0.39, 0.29) is 29.2 Å². The highest BCUT2D eigenvalue weighted by Gasteiger charge is 2.40. The van der Waals surface area contributed by atoms with Crippen LogP contribution < -0.4 is 10.6 Å². The highest BCUT2D eigenvalue weighted by atomic mass is 16.2. The summed E-state index contributed by atoms with van der Waals surface area (Å²) >= 11 is 0. The summed E-state index contributed by atoms with van der Waals surface area (Å²) in [6.07, 6.45) is 4.83. The van der Waals surface area contributed by atoms with E-state index in [1.165, 1.54) is 0 Å². The van der Waals surface area contributed by atoms with Gasteiger partial charge in [0, 0.05) is 31.6 Å². The third-order valence-electron chi connectivity index (χ3n) is 4.96. The molecule has 0 aromatic carbocycles. The van der Waals surface area contributed by atoms with E-state index in [2.05, 4.69) is 17.6 Å². The molecule has 2 N–H and O–H groups in total. The van der Waals surface area contributed by atoms with E-state index in [0.29, 0.717) is 0 Å². The molecule has 5 heteroatoms. The van der Waals surface area contributed by atoms with Crippen molar-refractivity contribution in [1.82, 2.24) is 15.5 Å². The summed E-state index contributed by atoms with van der Waals surface area (Å²) in [6.45, 7) is 5.37. The number of nitrogens with one attached hydrogen (secondary N) is 2. The Balaban J connectivity index is 1.48. The second-order valence-corrected chi connectivity index (χ2v) is 6.84. The fraction of sp³-hybridized carbons (Fsp3) is 0.867. The molecule has 0 bridgehead atoms. The van der Waals surface area contributed by atoms with Gasteiger partial charge in [-0.05, 0) is 45.6 Å². The van der Waals surface area contributed by atoms with Gasteiger partial charge in [-0.15, -0.1) is 0 Å². The fourth-order valence-corrected chi connectivity index (χ4v) is 3.27. The molecule has 2 aliphatic heterocycles. The van der Waals surface area contributed by atoms with Crippen LogP contribution in [0.25, 0.3) is 0 Å². The van der Waals surface area contributed by atoms with Crippen LogP contribution >= 0.6 is 0 Å². The van der Waals surface area contributed by atoms with Gasteiger partial charge in [-0.25, -0.2) is 0 Å². The Kier molecular flexibility index (Phi) is 3.71. The predicted molar refractivity (Wildman–Crippen MR) is 76.1 cm³/mol. The molecule has 2 heterocycles. The van der Waals surface area contributed by atoms with Crippen LogP contribution in [0.1, 0.15) is 39.0 Å². The predicted octanol–water partition coefficient (Wildman–Crippen LogP) is 0.503. The zero-order valence-electron chi connectivity index (χ0n) is 12.3. The largest absolute Gasteiger partial charge is 0.353 e. The number of amides is 2. The normalized spacial score (nSPS) is 31.4. The van der Waals surface area contributed by atoms with Gasteiger partial charge in [0.15, 0.2) is 0 Å². The lowest BCUT2D eigenvalue weighted by Crippen LogP contribution is -2.51. The quantitative estimate of drug-likeness (QED) is 0.791. The molecule has 0 spiro atoms. The maximum absolute atomic E-state index is 12.6. The third kappa shape index (κ3) is 2.82. The van der Waals surface area contributed by atoms with E-state index in [0.717, 1.165) is 58.3 Å². The van der Waals surface area contributed by atoms with E-state index in [1.807, 2.05) is 4.90 Å². The van der Waals surface area contributed by atoms with Crippen molar-refractivity contribution in [3.8, 4) is 0 Å². The van der Waals surface area contributed by atoms with Crippen molar-refractivity contribution in [2.24, 2.45) is 11.3 Å². The summed E-state index contributed by atoms with van der Waals surface area (Å²) in [4.78, 5) is 26.3. The molecule has 3 aliphatic rings. The van der Waals surface area contributed by atoms with E-state index in [4.69, 9.17) is 0 Å². The average molecular weight is 279 g/mol. The van der Waals surface area contributed by atoms with Gasteiger partial charge >= 0.3 is 0 Å². The first kappa shape index (κ1) is 13.9. The summed E-state index contributed by atoms with van der Waals surface area (Å²) < 4.78 is 0. The number of hydrogen-bond acceptors (Lipinski definition) is 3. The topological polar surface area (TPSA) is 61.4 Å². The molecule has 20 heavy (non-hydrogen) atoms. The Morgan fingerprint density at radius 1 is 1.20 bits per heavy atom. The second-order valence-electron chi connectivity index (χ2n) is 6.84. The highest BCUT2D eigenvalue weighted by molar-refractivity contribution is 5.83. The van der Waals surface area contributed by atoms with Crippen molar-refractivity contribution in [3.05, 3.63) is 0 Å². The molecule has 0 aromatic rings. The lowest BCUT2D eigenvalue weighted by molar-refractivity contribution is -0.141. The number of nitrogens with zero attached hydrogens (tertiary/aromatic N) is 1. The van der Waals surface area contributed by atoms with Crippen LogP contribution in [-0.4, -0.2) is 48.9 Å². The number of likely N-dealkylation sites (tertiary alicyclic amines) is 1. The summed E-state index contributed by atoms with van der Waals surface area (Å²) in [5.41, 5.74) is -0.218. The lowest BCUT2D eigenvalue weighted by Gasteiger charge is -2.36. The van der Waals surface area contributed by atoms with Crippen molar-refractivity contribution < 1.29 is 9.59 Å². The maximum Gasteiger partial charge on any atom is 0.229 e. The number of hydrogen-bond donors (Lipinski definition) is 2. The third-order valence-corrected chi connectivity index (χ3v) is 4.96. The van der Waals surface area contributed by atoms with Crippen LogP contribution in [0.3, 0.4) is 0 Å². The van der Waals surface area contributed by atoms with Gasteiger partial charge in [0.1, 0.15) is 0 Å². The van der Waals surface area contributed by atoms with Crippen LogP contribution in [0, 0.1) is 11.3 Å². The number of carbonyl (C=O) groups excluding carboxylic acids is 2. The maximum atomic E-state index is 12.6. The molecule has 2 amide bonds. The van der Waals surface area contributed by atoms with Gasteiger partial charge in [-0.1, -0.05) is 0 Å². The van der Waals surface area contributed by atoms with Crippen LogP contribution in [0.5, 0.6) is 0 Å².